The second kappa shape index (κ2) is 5.49. The van der Waals surface area contributed by atoms with Crippen LogP contribution in [0.15, 0.2) is 6.07 Å². The zero-order chi connectivity index (χ0) is 14.2. The Morgan fingerprint density at radius 1 is 1.40 bits per heavy atom. The minimum absolute atomic E-state index is 0.406. The van der Waals surface area contributed by atoms with Gasteiger partial charge in [0.15, 0.2) is 0 Å². The third-order valence-electron chi connectivity index (χ3n) is 5.12. The molecule has 1 aliphatic heterocycles. The summed E-state index contributed by atoms with van der Waals surface area (Å²) in [5.41, 5.74) is 2.93. The molecule has 3 rings (SSSR count). The van der Waals surface area contributed by atoms with Gasteiger partial charge < -0.3 is 5.32 Å². The molecule has 1 aromatic rings. The van der Waals surface area contributed by atoms with Crippen LogP contribution < -0.4 is 5.32 Å². The van der Waals surface area contributed by atoms with Crippen LogP contribution in [0.3, 0.4) is 0 Å². The number of piperazine rings is 1. The fourth-order valence-corrected chi connectivity index (χ4v) is 4.02. The number of aryl methyl sites for hydroxylation is 2. The standard InChI is InChI=1S/C16H28N4/c1-4-20-15(9-13(2)18-20)11-19-10-14(3)17-12-16(19)7-5-6-8-16/h9,14,17H,4-8,10-12H2,1-3H3. The summed E-state index contributed by atoms with van der Waals surface area (Å²) in [6.45, 7) is 10.9. The zero-order valence-corrected chi connectivity index (χ0v) is 13.2. The molecule has 1 spiro atoms. The predicted molar refractivity (Wildman–Crippen MR) is 81.7 cm³/mol. The number of hydrogen-bond acceptors (Lipinski definition) is 3. The van der Waals surface area contributed by atoms with Gasteiger partial charge in [0.05, 0.1) is 11.4 Å². The van der Waals surface area contributed by atoms with Crippen molar-refractivity contribution in [2.24, 2.45) is 0 Å². The van der Waals surface area contributed by atoms with Crippen molar-refractivity contribution in [1.82, 2.24) is 20.0 Å². The first-order valence-corrected chi connectivity index (χ1v) is 8.15. The van der Waals surface area contributed by atoms with Crippen LogP contribution in [0.25, 0.3) is 0 Å². The van der Waals surface area contributed by atoms with Crippen LogP contribution in [0.5, 0.6) is 0 Å². The average molecular weight is 276 g/mol. The molecular formula is C16H28N4. The van der Waals surface area contributed by atoms with Gasteiger partial charge in [0.25, 0.3) is 0 Å². The van der Waals surface area contributed by atoms with Gasteiger partial charge >= 0.3 is 0 Å². The number of hydrogen-bond donors (Lipinski definition) is 1. The van der Waals surface area contributed by atoms with Gasteiger partial charge in [-0.3, -0.25) is 9.58 Å². The molecule has 2 aliphatic rings. The topological polar surface area (TPSA) is 33.1 Å². The van der Waals surface area contributed by atoms with Crippen molar-refractivity contribution < 1.29 is 0 Å². The number of rotatable bonds is 3. The second-order valence-corrected chi connectivity index (χ2v) is 6.69. The molecule has 0 bridgehead atoms. The number of aromatic nitrogens is 2. The summed E-state index contributed by atoms with van der Waals surface area (Å²) in [6, 6.07) is 2.86. The highest BCUT2D eigenvalue weighted by Crippen LogP contribution is 2.37. The monoisotopic (exact) mass is 276 g/mol. The van der Waals surface area contributed by atoms with Crippen molar-refractivity contribution in [2.45, 2.75) is 71.1 Å². The van der Waals surface area contributed by atoms with Crippen LogP contribution in [0.4, 0.5) is 0 Å². The van der Waals surface area contributed by atoms with Crippen molar-refractivity contribution in [1.29, 1.82) is 0 Å². The molecule has 4 heteroatoms. The van der Waals surface area contributed by atoms with Crippen molar-refractivity contribution in [3.05, 3.63) is 17.5 Å². The minimum atomic E-state index is 0.406. The Morgan fingerprint density at radius 3 is 2.85 bits per heavy atom. The molecule has 0 aromatic carbocycles. The van der Waals surface area contributed by atoms with Crippen molar-refractivity contribution in [3.63, 3.8) is 0 Å². The van der Waals surface area contributed by atoms with Gasteiger partial charge in [-0.1, -0.05) is 12.8 Å². The van der Waals surface area contributed by atoms with Crippen LogP contribution in [0.1, 0.15) is 50.9 Å². The van der Waals surface area contributed by atoms with E-state index >= 15 is 0 Å². The Kier molecular flexibility index (Phi) is 3.87. The summed E-state index contributed by atoms with van der Waals surface area (Å²) < 4.78 is 2.17. The number of nitrogens with zero attached hydrogens (tertiary/aromatic N) is 3. The molecule has 1 aliphatic carbocycles. The maximum Gasteiger partial charge on any atom is 0.0597 e. The lowest BCUT2D eigenvalue weighted by molar-refractivity contribution is 0.0370. The third kappa shape index (κ3) is 2.51. The maximum absolute atomic E-state index is 4.60. The molecule has 2 fully saturated rings. The summed E-state index contributed by atoms with van der Waals surface area (Å²) in [5.74, 6) is 0. The van der Waals surface area contributed by atoms with Gasteiger partial charge in [0.2, 0.25) is 0 Å². The van der Waals surface area contributed by atoms with Gasteiger partial charge in [-0.25, -0.2) is 0 Å². The lowest BCUT2D eigenvalue weighted by Gasteiger charge is -2.47. The van der Waals surface area contributed by atoms with E-state index in [-0.39, 0.29) is 0 Å². The van der Waals surface area contributed by atoms with Gasteiger partial charge in [-0.15, -0.1) is 0 Å². The van der Waals surface area contributed by atoms with Crippen molar-refractivity contribution >= 4 is 0 Å². The molecular weight excluding hydrogens is 248 g/mol. The second-order valence-electron chi connectivity index (χ2n) is 6.69. The molecule has 1 unspecified atom stereocenters. The lowest BCUT2D eigenvalue weighted by Crippen LogP contribution is -2.62. The quantitative estimate of drug-likeness (QED) is 0.920. The fraction of sp³-hybridized carbons (Fsp3) is 0.812. The van der Waals surface area contributed by atoms with E-state index in [4.69, 9.17) is 0 Å². The predicted octanol–water partition coefficient (Wildman–Crippen LogP) is 2.32. The van der Waals surface area contributed by atoms with E-state index in [1.54, 1.807) is 0 Å². The van der Waals surface area contributed by atoms with E-state index in [1.807, 2.05) is 0 Å². The highest BCUT2D eigenvalue weighted by molar-refractivity contribution is 5.11. The van der Waals surface area contributed by atoms with Gasteiger partial charge in [0, 0.05) is 37.8 Å². The summed E-state index contributed by atoms with van der Waals surface area (Å²) in [5, 5.41) is 8.30. The SMILES string of the molecule is CCn1nc(C)cc1CN1CC(C)NCC12CCCC2. The average Bonchev–Trinajstić information content (AvgIpc) is 3.02. The minimum Gasteiger partial charge on any atom is -0.311 e. The summed E-state index contributed by atoms with van der Waals surface area (Å²) in [7, 11) is 0. The Hall–Kier alpha value is -0.870. The Balaban J connectivity index is 1.82. The highest BCUT2D eigenvalue weighted by Gasteiger charge is 2.42. The highest BCUT2D eigenvalue weighted by atomic mass is 15.3. The van der Waals surface area contributed by atoms with E-state index in [9.17, 15) is 0 Å². The molecule has 1 saturated heterocycles. The Morgan fingerprint density at radius 2 is 2.15 bits per heavy atom. The van der Waals surface area contributed by atoms with Crippen LogP contribution >= 0.6 is 0 Å². The van der Waals surface area contributed by atoms with Crippen LogP contribution in [0.2, 0.25) is 0 Å². The molecule has 112 valence electrons. The molecule has 1 aromatic heterocycles. The first-order chi connectivity index (χ1) is 9.63. The molecule has 0 amide bonds. The maximum atomic E-state index is 4.60. The van der Waals surface area contributed by atoms with E-state index in [2.05, 4.69) is 46.8 Å². The van der Waals surface area contributed by atoms with Crippen molar-refractivity contribution in [2.75, 3.05) is 13.1 Å². The van der Waals surface area contributed by atoms with Crippen molar-refractivity contribution in [3.8, 4) is 0 Å². The largest absolute Gasteiger partial charge is 0.311 e. The molecule has 1 N–H and O–H groups in total. The molecule has 1 atom stereocenters. The van der Waals surface area contributed by atoms with Crippen LogP contribution in [-0.2, 0) is 13.1 Å². The van der Waals surface area contributed by atoms with Crippen LogP contribution in [0, 0.1) is 6.92 Å². The summed E-state index contributed by atoms with van der Waals surface area (Å²) in [4.78, 5) is 2.74. The number of nitrogens with one attached hydrogen (secondary N) is 1. The van der Waals surface area contributed by atoms with E-state index in [0.717, 1.165) is 31.9 Å². The van der Waals surface area contributed by atoms with E-state index in [1.165, 1.54) is 31.4 Å². The zero-order valence-electron chi connectivity index (χ0n) is 13.2. The Bertz CT molecular complexity index is 459. The van der Waals surface area contributed by atoms with E-state index in [0.29, 0.717) is 11.6 Å². The molecule has 1 saturated carbocycles. The Labute approximate surface area is 122 Å². The van der Waals surface area contributed by atoms with Gasteiger partial charge in [-0.2, -0.15) is 5.10 Å². The third-order valence-corrected chi connectivity index (χ3v) is 5.12. The first kappa shape index (κ1) is 14.1. The van der Waals surface area contributed by atoms with E-state index < -0.39 is 0 Å². The smallest absolute Gasteiger partial charge is 0.0597 e. The summed E-state index contributed by atoms with van der Waals surface area (Å²) in [6.07, 6.45) is 5.48. The first-order valence-electron chi connectivity index (χ1n) is 8.15. The summed E-state index contributed by atoms with van der Waals surface area (Å²) >= 11 is 0. The van der Waals surface area contributed by atoms with Gasteiger partial charge in [-0.05, 0) is 39.7 Å². The molecule has 0 radical (unpaired) electrons. The normalized spacial score (nSPS) is 26.4. The molecule has 20 heavy (non-hydrogen) atoms. The van der Waals surface area contributed by atoms with Gasteiger partial charge in [0.1, 0.15) is 0 Å². The van der Waals surface area contributed by atoms with Crippen LogP contribution in [-0.4, -0.2) is 39.4 Å². The lowest BCUT2D eigenvalue weighted by atomic mass is 9.91. The fourth-order valence-electron chi connectivity index (χ4n) is 4.02. The molecule has 4 nitrogen and oxygen atoms in total. The molecule has 2 heterocycles.